The molecule has 2 aliphatic heterocycles. The first-order valence-electron chi connectivity index (χ1n) is 9.98. The molecule has 3 heterocycles. The second kappa shape index (κ2) is 9.41. The molecule has 0 spiro atoms. The molecule has 9 nitrogen and oxygen atoms in total. The number of aromatic nitrogens is 1. The van der Waals surface area contributed by atoms with E-state index in [0.717, 1.165) is 29.6 Å². The van der Waals surface area contributed by atoms with Crippen LogP contribution in [0.4, 0.5) is 16.5 Å². The number of rotatable bonds is 6. The molecule has 0 aliphatic carbocycles. The molecule has 0 radical (unpaired) electrons. The molecule has 0 atom stereocenters. The Balaban J connectivity index is 1.41. The SMILES string of the molecule is O=C(O)CN1CCN(c2ccccc2NC(=O)c2csc(N3CCOCC3)n2)CC1. The third-order valence-electron chi connectivity index (χ3n) is 5.23. The number of aliphatic carboxylic acids is 1. The number of piperazine rings is 1. The van der Waals surface area contributed by atoms with Gasteiger partial charge in [-0.1, -0.05) is 12.1 Å². The predicted molar refractivity (Wildman–Crippen MR) is 116 cm³/mol. The molecule has 1 aromatic carbocycles. The normalized spacial score (nSPS) is 17.7. The van der Waals surface area contributed by atoms with E-state index in [9.17, 15) is 9.59 Å². The maximum absolute atomic E-state index is 12.8. The summed E-state index contributed by atoms with van der Waals surface area (Å²) in [6.07, 6.45) is 0. The van der Waals surface area contributed by atoms with Crippen LogP contribution in [0.2, 0.25) is 0 Å². The lowest BCUT2D eigenvalue weighted by Crippen LogP contribution is -2.48. The number of ether oxygens (including phenoxy) is 1. The average Bonchev–Trinajstić information content (AvgIpc) is 3.26. The van der Waals surface area contributed by atoms with E-state index in [-0.39, 0.29) is 12.5 Å². The zero-order valence-corrected chi connectivity index (χ0v) is 17.4. The topological polar surface area (TPSA) is 98.2 Å². The Morgan fingerprint density at radius 2 is 1.80 bits per heavy atom. The first-order valence-corrected chi connectivity index (χ1v) is 10.9. The molecule has 0 unspecified atom stereocenters. The number of nitrogens with one attached hydrogen (secondary N) is 1. The Hall–Kier alpha value is -2.69. The summed E-state index contributed by atoms with van der Waals surface area (Å²) in [5, 5.41) is 14.6. The molecule has 1 amide bonds. The number of thiazole rings is 1. The standard InChI is InChI=1S/C20H25N5O4S/c26-18(27)13-23-5-7-24(8-6-23)17-4-2-1-3-15(17)21-19(28)16-14-30-20(22-16)25-9-11-29-12-10-25/h1-4,14H,5-13H2,(H,21,28)(H,26,27). The number of morpholine rings is 1. The molecule has 160 valence electrons. The summed E-state index contributed by atoms with van der Waals surface area (Å²) in [7, 11) is 0. The van der Waals surface area contributed by atoms with Crippen molar-refractivity contribution in [1.29, 1.82) is 0 Å². The van der Waals surface area contributed by atoms with Gasteiger partial charge in [-0.2, -0.15) is 0 Å². The van der Waals surface area contributed by atoms with Crippen molar-refractivity contribution >= 4 is 39.7 Å². The summed E-state index contributed by atoms with van der Waals surface area (Å²) in [4.78, 5) is 34.5. The number of amides is 1. The molecule has 0 bridgehead atoms. The Morgan fingerprint density at radius 1 is 1.07 bits per heavy atom. The Morgan fingerprint density at radius 3 is 2.53 bits per heavy atom. The zero-order valence-electron chi connectivity index (χ0n) is 16.6. The minimum atomic E-state index is -0.809. The van der Waals surface area contributed by atoms with E-state index in [4.69, 9.17) is 9.84 Å². The maximum atomic E-state index is 12.8. The highest BCUT2D eigenvalue weighted by Crippen LogP contribution is 2.28. The van der Waals surface area contributed by atoms with Gasteiger partial charge in [0.05, 0.1) is 31.1 Å². The molecule has 2 aromatic rings. The number of nitrogens with zero attached hydrogens (tertiary/aromatic N) is 4. The van der Waals surface area contributed by atoms with E-state index >= 15 is 0 Å². The lowest BCUT2D eigenvalue weighted by atomic mass is 10.2. The van der Waals surface area contributed by atoms with Crippen molar-refractivity contribution in [3.05, 3.63) is 35.3 Å². The van der Waals surface area contributed by atoms with Gasteiger partial charge in [-0.15, -0.1) is 11.3 Å². The van der Waals surface area contributed by atoms with Crippen LogP contribution in [0.1, 0.15) is 10.5 Å². The first kappa shape index (κ1) is 20.6. The number of carbonyl (C=O) groups is 2. The third-order valence-corrected chi connectivity index (χ3v) is 6.13. The van der Waals surface area contributed by atoms with Crippen LogP contribution in [0.5, 0.6) is 0 Å². The second-order valence-electron chi connectivity index (χ2n) is 7.24. The lowest BCUT2D eigenvalue weighted by Gasteiger charge is -2.36. The van der Waals surface area contributed by atoms with E-state index in [1.54, 1.807) is 5.38 Å². The molecule has 1 aromatic heterocycles. The van der Waals surface area contributed by atoms with E-state index in [0.29, 0.717) is 45.1 Å². The highest BCUT2D eigenvalue weighted by atomic mass is 32.1. The van der Waals surface area contributed by atoms with Gasteiger partial charge in [-0.05, 0) is 12.1 Å². The summed E-state index contributed by atoms with van der Waals surface area (Å²) in [6, 6.07) is 7.68. The van der Waals surface area contributed by atoms with Crippen LogP contribution in [0, 0.1) is 0 Å². The molecule has 30 heavy (non-hydrogen) atoms. The van der Waals surface area contributed by atoms with E-state index in [2.05, 4.69) is 20.1 Å². The number of para-hydroxylation sites is 2. The van der Waals surface area contributed by atoms with Crippen molar-refractivity contribution in [3.63, 3.8) is 0 Å². The van der Waals surface area contributed by atoms with Crippen molar-refractivity contribution in [2.45, 2.75) is 0 Å². The molecule has 2 fully saturated rings. The first-order chi connectivity index (χ1) is 14.6. The third kappa shape index (κ3) is 4.89. The second-order valence-corrected chi connectivity index (χ2v) is 8.08. The highest BCUT2D eigenvalue weighted by molar-refractivity contribution is 7.14. The van der Waals surface area contributed by atoms with Crippen molar-refractivity contribution in [2.75, 3.05) is 74.1 Å². The highest BCUT2D eigenvalue weighted by Gasteiger charge is 2.22. The van der Waals surface area contributed by atoms with Crippen molar-refractivity contribution in [2.24, 2.45) is 0 Å². The van der Waals surface area contributed by atoms with Crippen molar-refractivity contribution in [3.8, 4) is 0 Å². The van der Waals surface area contributed by atoms with Gasteiger partial charge in [0.1, 0.15) is 5.69 Å². The van der Waals surface area contributed by atoms with Gasteiger partial charge >= 0.3 is 5.97 Å². The fourth-order valence-corrected chi connectivity index (χ4v) is 4.51. The molecular formula is C20H25N5O4S. The number of anilines is 3. The maximum Gasteiger partial charge on any atom is 0.317 e. The van der Waals surface area contributed by atoms with E-state index in [1.807, 2.05) is 29.2 Å². The number of benzene rings is 1. The molecule has 2 saturated heterocycles. The van der Waals surface area contributed by atoms with Crippen LogP contribution in [0.3, 0.4) is 0 Å². The Kier molecular flexibility index (Phi) is 6.46. The molecule has 4 rings (SSSR count). The minimum absolute atomic E-state index is 0.0571. The van der Waals surface area contributed by atoms with Crippen LogP contribution in [-0.2, 0) is 9.53 Å². The van der Waals surface area contributed by atoms with Crippen LogP contribution in [0.25, 0.3) is 0 Å². The van der Waals surface area contributed by atoms with Crippen molar-refractivity contribution in [1.82, 2.24) is 9.88 Å². The zero-order chi connectivity index (χ0) is 20.9. The van der Waals surface area contributed by atoms with Gasteiger partial charge in [0, 0.05) is 44.6 Å². The summed E-state index contributed by atoms with van der Waals surface area (Å²) in [5.41, 5.74) is 2.07. The van der Waals surface area contributed by atoms with Crippen molar-refractivity contribution < 1.29 is 19.4 Å². The van der Waals surface area contributed by atoms with Crippen LogP contribution in [0.15, 0.2) is 29.6 Å². The fraction of sp³-hybridized carbons (Fsp3) is 0.450. The number of carboxylic acid groups (broad SMARTS) is 1. The summed E-state index contributed by atoms with van der Waals surface area (Å²) in [5.74, 6) is -1.04. The molecular weight excluding hydrogens is 406 g/mol. The van der Waals surface area contributed by atoms with Gasteiger partial charge in [-0.25, -0.2) is 4.98 Å². The summed E-state index contributed by atoms with van der Waals surface area (Å²) < 4.78 is 5.37. The monoisotopic (exact) mass is 431 g/mol. The van der Waals surface area contributed by atoms with Crippen LogP contribution in [-0.4, -0.2) is 85.9 Å². The summed E-state index contributed by atoms with van der Waals surface area (Å²) in [6.45, 7) is 5.73. The molecule has 10 heteroatoms. The fourth-order valence-electron chi connectivity index (χ4n) is 3.65. The number of carboxylic acids is 1. The number of hydrogen-bond acceptors (Lipinski definition) is 8. The van der Waals surface area contributed by atoms with Gasteiger partial charge < -0.3 is 25.0 Å². The van der Waals surface area contributed by atoms with Crippen LogP contribution >= 0.6 is 11.3 Å². The van der Waals surface area contributed by atoms with Gasteiger partial charge in [0.25, 0.3) is 5.91 Å². The summed E-state index contributed by atoms with van der Waals surface area (Å²) >= 11 is 1.47. The lowest BCUT2D eigenvalue weighted by molar-refractivity contribution is -0.138. The van der Waals surface area contributed by atoms with Crippen LogP contribution < -0.4 is 15.1 Å². The van der Waals surface area contributed by atoms with Gasteiger partial charge in [-0.3, -0.25) is 14.5 Å². The van der Waals surface area contributed by atoms with E-state index < -0.39 is 5.97 Å². The quantitative estimate of drug-likeness (QED) is 0.709. The van der Waals surface area contributed by atoms with Gasteiger partial charge in [0.2, 0.25) is 0 Å². The Labute approximate surface area is 178 Å². The molecule has 2 N–H and O–H groups in total. The number of carbonyl (C=O) groups excluding carboxylic acids is 1. The number of hydrogen-bond donors (Lipinski definition) is 2. The van der Waals surface area contributed by atoms with E-state index in [1.165, 1.54) is 11.3 Å². The predicted octanol–water partition coefficient (Wildman–Crippen LogP) is 1.44. The van der Waals surface area contributed by atoms with Gasteiger partial charge in [0.15, 0.2) is 5.13 Å². The minimum Gasteiger partial charge on any atom is -0.480 e. The average molecular weight is 432 g/mol. The largest absolute Gasteiger partial charge is 0.480 e. The Bertz CT molecular complexity index is 891. The molecule has 0 saturated carbocycles. The smallest absolute Gasteiger partial charge is 0.317 e. The molecule has 2 aliphatic rings.